The van der Waals surface area contributed by atoms with E-state index in [1.54, 1.807) is 48.5 Å². The standard InChI is InChI=1S/C21H16BrN3O3S2/c1-13-5-11-16(12-6-13)30(27,28)25-15-9-7-14(8-10-15)20(26)24-21-23-19-17(22)3-2-4-18(19)29-21/h2-12,25H,1H3,(H,23,24,26). The first-order valence-corrected chi connectivity index (χ1v) is 12.0. The number of aromatic nitrogens is 1. The van der Waals surface area contributed by atoms with Gasteiger partial charge in [0, 0.05) is 15.7 Å². The number of thiazole rings is 1. The molecule has 9 heteroatoms. The van der Waals surface area contributed by atoms with Crippen LogP contribution in [-0.2, 0) is 10.0 Å². The van der Waals surface area contributed by atoms with E-state index in [0.29, 0.717) is 16.4 Å². The number of aryl methyl sites for hydroxylation is 1. The number of benzene rings is 3. The molecule has 0 unspecified atom stereocenters. The number of fused-ring (bicyclic) bond motifs is 1. The second-order valence-electron chi connectivity index (χ2n) is 6.56. The average molecular weight is 502 g/mol. The van der Waals surface area contributed by atoms with E-state index in [4.69, 9.17) is 0 Å². The largest absolute Gasteiger partial charge is 0.298 e. The number of hydrogen-bond donors (Lipinski definition) is 2. The summed E-state index contributed by atoms with van der Waals surface area (Å²) in [6, 6.07) is 18.5. The van der Waals surface area contributed by atoms with Crippen LogP contribution >= 0.6 is 27.3 Å². The van der Waals surface area contributed by atoms with Gasteiger partial charge in [0.1, 0.15) is 0 Å². The normalized spacial score (nSPS) is 11.4. The van der Waals surface area contributed by atoms with Crippen LogP contribution in [0.15, 0.2) is 76.1 Å². The van der Waals surface area contributed by atoms with E-state index >= 15 is 0 Å². The minimum absolute atomic E-state index is 0.178. The lowest BCUT2D eigenvalue weighted by Gasteiger charge is -2.09. The van der Waals surface area contributed by atoms with Crippen molar-refractivity contribution >= 4 is 64.2 Å². The number of sulfonamides is 1. The number of halogens is 1. The van der Waals surface area contributed by atoms with Crippen LogP contribution in [-0.4, -0.2) is 19.3 Å². The van der Waals surface area contributed by atoms with Gasteiger partial charge in [-0.2, -0.15) is 0 Å². The van der Waals surface area contributed by atoms with Crippen LogP contribution in [0.2, 0.25) is 0 Å². The van der Waals surface area contributed by atoms with Gasteiger partial charge >= 0.3 is 0 Å². The van der Waals surface area contributed by atoms with Crippen molar-refractivity contribution in [2.24, 2.45) is 0 Å². The summed E-state index contributed by atoms with van der Waals surface area (Å²) < 4.78 is 29.3. The number of carbonyl (C=O) groups is 1. The maximum Gasteiger partial charge on any atom is 0.261 e. The van der Waals surface area contributed by atoms with Crippen molar-refractivity contribution in [2.75, 3.05) is 10.0 Å². The number of para-hydroxylation sites is 1. The van der Waals surface area contributed by atoms with Crippen molar-refractivity contribution in [3.8, 4) is 0 Å². The Hall–Kier alpha value is -2.75. The van der Waals surface area contributed by atoms with Crippen LogP contribution in [0.1, 0.15) is 15.9 Å². The molecule has 0 saturated carbocycles. The fourth-order valence-electron chi connectivity index (χ4n) is 2.76. The smallest absolute Gasteiger partial charge is 0.261 e. The van der Waals surface area contributed by atoms with Gasteiger partial charge in [0.2, 0.25) is 0 Å². The molecule has 0 bridgehead atoms. The van der Waals surface area contributed by atoms with Gasteiger partial charge in [-0.3, -0.25) is 14.8 Å². The molecule has 152 valence electrons. The van der Waals surface area contributed by atoms with E-state index in [2.05, 4.69) is 31.0 Å². The molecule has 0 aliphatic rings. The SMILES string of the molecule is Cc1ccc(S(=O)(=O)Nc2ccc(C(=O)Nc3nc4c(Br)cccc4s3)cc2)cc1. The number of hydrogen-bond acceptors (Lipinski definition) is 5. The fourth-order valence-corrected chi connectivity index (χ4v) is 5.29. The minimum atomic E-state index is -3.69. The highest BCUT2D eigenvalue weighted by molar-refractivity contribution is 9.10. The Morgan fingerprint density at radius 2 is 1.70 bits per heavy atom. The van der Waals surface area contributed by atoms with Gasteiger partial charge in [-0.1, -0.05) is 35.1 Å². The van der Waals surface area contributed by atoms with Gasteiger partial charge in [-0.15, -0.1) is 0 Å². The van der Waals surface area contributed by atoms with Crippen molar-refractivity contribution in [1.29, 1.82) is 0 Å². The molecule has 2 N–H and O–H groups in total. The Kier molecular flexibility index (Phi) is 5.59. The monoisotopic (exact) mass is 501 g/mol. The molecular weight excluding hydrogens is 486 g/mol. The van der Waals surface area contributed by atoms with Gasteiger partial charge in [0.15, 0.2) is 5.13 Å². The van der Waals surface area contributed by atoms with Crippen LogP contribution in [0, 0.1) is 6.92 Å². The summed E-state index contributed by atoms with van der Waals surface area (Å²) in [6.07, 6.45) is 0. The number of anilines is 2. The highest BCUT2D eigenvalue weighted by Gasteiger charge is 2.15. The van der Waals surface area contributed by atoms with Crippen LogP contribution < -0.4 is 10.0 Å². The molecule has 1 amide bonds. The molecule has 6 nitrogen and oxygen atoms in total. The topological polar surface area (TPSA) is 88.2 Å². The molecule has 0 saturated heterocycles. The van der Waals surface area contributed by atoms with Crippen LogP contribution in [0.25, 0.3) is 10.2 Å². The Labute approximate surface area is 186 Å². The summed E-state index contributed by atoms with van der Waals surface area (Å²) in [5, 5.41) is 3.27. The van der Waals surface area contributed by atoms with Crippen molar-refractivity contribution in [3.63, 3.8) is 0 Å². The van der Waals surface area contributed by atoms with Gasteiger partial charge in [0.25, 0.3) is 15.9 Å². The van der Waals surface area contributed by atoms with Gasteiger partial charge in [0.05, 0.1) is 15.1 Å². The lowest BCUT2D eigenvalue weighted by atomic mass is 10.2. The predicted octanol–water partition coefficient (Wildman–Crippen LogP) is 5.42. The van der Waals surface area contributed by atoms with E-state index in [1.807, 2.05) is 25.1 Å². The van der Waals surface area contributed by atoms with Crippen molar-refractivity contribution in [3.05, 3.63) is 82.3 Å². The van der Waals surface area contributed by atoms with Gasteiger partial charge in [-0.05, 0) is 71.4 Å². The first kappa shape index (κ1) is 20.5. The summed E-state index contributed by atoms with van der Waals surface area (Å²) >= 11 is 4.83. The molecule has 1 heterocycles. The molecule has 0 aliphatic carbocycles. The predicted molar refractivity (Wildman–Crippen MR) is 124 cm³/mol. The van der Waals surface area contributed by atoms with Crippen LogP contribution in [0.3, 0.4) is 0 Å². The lowest BCUT2D eigenvalue weighted by Crippen LogP contribution is -2.14. The summed E-state index contributed by atoms with van der Waals surface area (Å²) in [7, 11) is -3.69. The summed E-state index contributed by atoms with van der Waals surface area (Å²) in [5.74, 6) is -0.321. The maximum absolute atomic E-state index is 12.5. The van der Waals surface area contributed by atoms with Crippen LogP contribution in [0.5, 0.6) is 0 Å². The summed E-state index contributed by atoms with van der Waals surface area (Å²) in [4.78, 5) is 17.1. The highest BCUT2D eigenvalue weighted by Crippen LogP contribution is 2.31. The number of rotatable bonds is 5. The van der Waals surface area contributed by atoms with Crippen molar-refractivity contribution in [2.45, 2.75) is 11.8 Å². The second-order valence-corrected chi connectivity index (χ2v) is 10.1. The van der Waals surface area contributed by atoms with Crippen molar-refractivity contribution in [1.82, 2.24) is 4.98 Å². The third-order valence-electron chi connectivity index (χ3n) is 4.32. The first-order valence-electron chi connectivity index (χ1n) is 8.88. The number of nitrogens with one attached hydrogen (secondary N) is 2. The number of amides is 1. The third-order valence-corrected chi connectivity index (χ3v) is 7.29. The molecule has 0 atom stereocenters. The lowest BCUT2D eigenvalue weighted by molar-refractivity contribution is 0.102. The highest BCUT2D eigenvalue weighted by atomic mass is 79.9. The average Bonchev–Trinajstić information content (AvgIpc) is 3.12. The summed E-state index contributed by atoms with van der Waals surface area (Å²) in [5.41, 5.74) is 2.53. The quantitative estimate of drug-likeness (QED) is 0.382. The molecule has 0 fully saturated rings. The van der Waals surface area contributed by atoms with E-state index in [-0.39, 0.29) is 10.8 Å². The Morgan fingerprint density at radius 1 is 1.00 bits per heavy atom. The van der Waals surface area contributed by atoms with E-state index in [0.717, 1.165) is 20.3 Å². The van der Waals surface area contributed by atoms with Gasteiger partial charge in [-0.25, -0.2) is 13.4 Å². The van der Waals surface area contributed by atoms with E-state index in [9.17, 15) is 13.2 Å². The zero-order chi connectivity index (χ0) is 21.3. The molecule has 1 aromatic heterocycles. The van der Waals surface area contributed by atoms with Crippen LogP contribution in [0.4, 0.5) is 10.8 Å². The Morgan fingerprint density at radius 3 is 2.37 bits per heavy atom. The molecule has 0 aliphatic heterocycles. The van der Waals surface area contributed by atoms with Gasteiger partial charge < -0.3 is 0 Å². The van der Waals surface area contributed by atoms with E-state index in [1.165, 1.54) is 11.3 Å². The van der Waals surface area contributed by atoms with E-state index < -0.39 is 10.0 Å². The molecule has 3 aromatic carbocycles. The zero-order valence-electron chi connectivity index (χ0n) is 15.7. The first-order chi connectivity index (χ1) is 14.3. The Bertz CT molecular complexity index is 1330. The molecule has 30 heavy (non-hydrogen) atoms. The Balaban J connectivity index is 1.47. The molecule has 0 radical (unpaired) electrons. The summed E-state index contributed by atoms with van der Waals surface area (Å²) in [6.45, 7) is 1.89. The molecular formula is C21H16BrN3O3S2. The molecule has 0 spiro atoms. The molecule has 4 aromatic rings. The maximum atomic E-state index is 12.5. The third kappa shape index (κ3) is 4.38. The number of carbonyl (C=O) groups excluding carboxylic acids is 1. The minimum Gasteiger partial charge on any atom is -0.298 e. The zero-order valence-corrected chi connectivity index (χ0v) is 18.9. The van der Waals surface area contributed by atoms with Crippen molar-refractivity contribution < 1.29 is 13.2 Å². The molecule has 4 rings (SSSR count). The second kappa shape index (κ2) is 8.17. The fraction of sp³-hybridized carbons (Fsp3) is 0.0476. The number of nitrogens with zero attached hydrogens (tertiary/aromatic N) is 1.